The predicted octanol–water partition coefficient (Wildman–Crippen LogP) is 7.16. The normalized spacial score (nSPS) is 16.1. The van der Waals surface area contributed by atoms with E-state index in [0.717, 1.165) is 83.2 Å². The Labute approximate surface area is 324 Å². The molecular weight excluding hydrogens is 743 g/mol. The summed E-state index contributed by atoms with van der Waals surface area (Å²) in [6, 6.07) is 23.6. The summed E-state index contributed by atoms with van der Waals surface area (Å²) in [5, 5.41) is 3.40. The molecule has 52 heavy (non-hydrogen) atoms. The highest BCUT2D eigenvalue weighted by molar-refractivity contribution is 8.15. The lowest BCUT2D eigenvalue weighted by atomic mass is 10.1. The van der Waals surface area contributed by atoms with E-state index >= 15 is 0 Å². The van der Waals surface area contributed by atoms with E-state index < -0.39 is 0 Å². The molecule has 0 bridgehead atoms. The first-order chi connectivity index (χ1) is 24.3. The minimum Gasteiger partial charge on any atom is -0.493 e. The van der Waals surface area contributed by atoms with Crippen LogP contribution in [0.3, 0.4) is 0 Å². The molecule has 0 radical (unpaired) electrons. The number of aromatic nitrogens is 2. The van der Waals surface area contributed by atoms with Crippen molar-refractivity contribution in [3.8, 4) is 11.5 Å². The lowest BCUT2D eigenvalue weighted by Gasteiger charge is -2.09. The topological polar surface area (TPSA) is 137 Å². The van der Waals surface area contributed by atoms with E-state index in [1.807, 2.05) is 73.1 Å². The molecule has 0 saturated carbocycles. The summed E-state index contributed by atoms with van der Waals surface area (Å²) in [5.41, 5.74) is 6.51. The third kappa shape index (κ3) is 13.1. The van der Waals surface area contributed by atoms with Gasteiger partial charge in [0.05, 0.1) is 23.7 Å². The van der Waals surface area contributed by atoms with Gasteiger partial charge in [0.2, 0.25) is 11.8 Å². The van der Waals surface area contributed by atoms with Crippen LogP contribution < -0.4 is 20.1 Å². The molecule has 0 aliphatic carbocycles. The second-order valence-electron chi connectivity index (χ2n) is 11.7. The van der Waals surface area contributed by atoms with Gasteiger partial charge in [-0.3, -0.25) is 39.8 Å². The van der Waals surface area contributed by atoms with Gasteiger partial charge in [0.1, 0.15) is 11.5 Å². The Morgan fingerprint density at radius 1 is 0.558 bits per heavy atom. The number of carbonyl (C=O) groups is 4. The molecule has 4 heterocycles. The zero-order chi connectivity index (χ0) is 35.3. The predicted molar refractivity (Wildman–Crippen MR) is 210 cm³/mol. The van der Waals surface area contributed by atoms with Gasteiger partial charge in [0.25, 0.3) is 10.5 Å². The molecule has 2 aromatic carbocycles. The first-order valence-electron chi connectivity index (χ1n) is 16.6. The van der Waals surface area contributed by atoms with E-state index in [-0.39, 0.29) is 57.6 Å². The van der Waals surface area contributed by atoms with Crippen LogP contribution in [0.1, 0.15) is 47.5 Å². The Balaban J connectivity index is 0.000000270. The van der Waals surface area contributed by atoms with Crippen LogP contribution in [0, 0.1) is 0 Å². The first kappa shape index (κ1) is 42.3. The number of amides is 4. The maximum Gasteiger partial charge on any atom is 0.286 e. The minimum absolute atomic E-state index is 0. The number of hydrogen-bond acceptors (Lipinski definition) is 10. The molecule has 14 heteroatoms. The van der Waals surface area contributed by atoms with Crippen LogP contribution in [0.2, 0.25) is 0 Å². The maximum atomic E-state index is 11.6. The van der Waals surface area contributed by atoms with Crippen molar-refractivity contribution in [2.45, 2.75) is 62.9 Å². The van der Waals surface area contributed by atoms with Crippen molar-refractivity contribution in [1.29, 1.82) is 0 Å². The van der Waals surface area contributed by atoms with Gasteiger partial charge in [-0.2, -0.15) is 0 Å². The first-order valence-corrected chi connectivity index (χ1v) is 18.4. The molecule has 2 unspecified atom stereocenters. The number of thioether (sulfide) groups is 2. The number of aryl methyl sites for hydroxylation is 2. The van der Waals surface area contributed by atoms with Crippen LogP contribution in [0.15, 0.2) is 85.2 Å². The second-order valence-corrected chi connectivity index (χ2v) is 14.0. The monoisotopic (exact) mass is 784 g/mol. The molecule has 2 saturated heterocycles. The fourth-order valence-corrected chi connectivity index (χ4v) is 6.82. The third-order valence-electron chi connectivity index (χ3n) is 8.07. The van der Waals surface area contributed by atoms with Gasteiger partial charge in [0.15, 0.2) is 0 Å². The SMILES string of the molecule is CCc1ccc(CCOc2ccc(CC3SC(=O)NC3=O)cc2)nc1.CCc1ccc(CCOc2ccc(CC3SC(=O)NC3=O)cc2)nc1.Cl.Cl. The van der Waals surface area contributed by atoms with Crippen LogP contribution in [-0.4, -0.2) is 56.0 Å². The number of halogens is 2. The van der Waals surface area contributed by atoms with Gasteiger partial charge in [-0.25, -0.2) is 0 Å². The third-order valence-corrected chi connectivity index (χ3v) is 10.0. The molecule has 2 fully saturated rings. The van der Waals surface area contributed by atoms with Crippen molar-refractivity contribution in [1.82, 2.24) is 20.6 Å². The van der Waals surface area contributed by atoms with Crippen LogP contribution in [0.5, 0.6) is 11.5 Å². The Hall–Kier alpha value is -4.10. The highest BCUT2D eigenvalue weighted by Crippen LogP contribution is 2.25. The van der Waals surface area contributed by atoms with Gasteiger partial charge >= 0.3 is 0 Å². The van der Waals surface area contributed by atoms with Crippen molar-refractivity contribution in [3.05, 3.63) is 119 Å². The highest BCUT2D eigenvalue weighted by atomic mass is 35.5. The summed E-state index contributed by atoms with van der Waals surface area (Å²) in [6.07, 6.45) is 8.39. The van der Waals surface area contributed by atoms with Crippen molar-refractivity contribution < 1.29 is 28.7 Å². The van der Waals surface area contributed by atoms with E-state index in [4.69, 9.17) is 9.47 Å². The van der Waals surface area contributed by atoms with E-state index in [1.165, 1.54) is 11.1 Å². The number of nitrogens with one attached hydrogen (secondary N) is 2. The minimum atomic E-state index is -0.337. The molecule has 2 aromatic heterocycles. The summed E-state index contributed by atoms with van der Waals surface area (Å²) in [6.45, 7) is 5.35. The van der Waals surface area contributed by atoms with Gasteiger partial charge in [-0.05, 0) is 84.3 Å². The molecule has 2 N–H and O–H groups in total. The molecule has 2 atom stereocenters. The van der Waals surface area contributed by atoms with E-state index in [1.54, 1.807) is 0 Å². The zero-order valence-electron chi connectivity index (χ0n) is 28.9. The Morgan fingerprint density at radius 2 is 0.923 bits per heavy atom. The molecule has 6 rings (SSSR count). The molecule has 276 valence electrons. The van der Waals surface area contributed by atoms with Gasteiger partial charge in [-0.15, -0.1) is 24.8 Å². The number of benzene rings is 2. The number of hydrogen-bond donors (Lipinski definition) is 2. The summed E-state index contributed by atoms with van der Waals surface area (Å²) < 4.78 is 11.5. The molecule has 4 amide bonds. The Morgan fingerprint density at radius 3 is 1.21 bits per heavy atom. The number of carbonyl (C=O) groups excluding carboxylic acids is 4. The largest absolute Gasteiger partial charge is 0.493 e. The lowest BCUT2D eigenvalue weighted by molar-refractivity contribution is -0.119. The highest BCUT2D eigenvalue weighted by Gasteiger charge is 2.32. The van der Waals surface area contributed by atoms with Gasteiger partial charge < -0.3 is 9.47 Å². The van der Waals surface area contributed by atoms with Crippen molar-refractivity contribution in [3.63, 3.8) is 0 Å². The standard InChI is InChI=1S/2C19H20N2O3S.2ClH/c2*1-2-13-3-6-15(20-12-13)9-10-24-16-7-4-14(5-8-16)11-17-18(22)21-19(23)25-17;;/h2*3-8,12,17H,2,9-11H2,1H3,(H,21,22,23);2*1H. The lowest BCUT2D eigenvalue weighted by Crippen LogP contribution is -2.25. The van der Waals surface area contributed by atoms with Crippen LogP contribution in [-0.2, 0) is 48.1 Å². The van der Waals surface area contributed by atoms with Crippen LogP contribution in [0.25, 0.3) is 0 Å². The smallest absolute Gasteiger partial charge is 0.286 e. The molecule has 2 aliphatic rings. The van der Waals surface area contributed by atoms with Gasteiger partial charge in [-0.1, -0.05) is 73.8 Å². The molecule has 4 aromatic rings. The van der Waals surface area contributed by atoms with Crippen molar-refractivity contribution in [2.75, 3.05) is 13.2 Å². The number of ether oxygens (including phenoxy) is 2. The number of nitrogens with zero attached hydrogens (tertiary/aromatic N) is 2. The second kappa shape index (κ2) is 21.4. The molecular formula is C38H42Cl2N4O6S2. The van der Waals surface area contributed by atoms with Crippen LogP contribution >= 0.6 is 48.3 Å². The quantitative estimate of drug-likeness (QED) is 0.136. The zero-order valence-corrected chi connectivity index (χ0v) is 32.1. The molecule has 0 spiro atoms. The summed E-state index contributed by atoms with van der Waals surface area (Å²) >= 11 is 2.10. The average Bonchev–Trinajstić information content (AvgIpc) is 3.63. The van der Waals surface area contributed by atoms with Crippen molar-refractivity contribution >= 4 is 70.6 Å². The fourth-order valence-electron chi connectivity index (χ4n) is 5.10. The van der Waals surface area contributed by atoms with Crippen molar-refractivity contribution in [2.24, 2.45) is 0 Å². The van der Waals surface area contributed by atoms with Crippen LogP contribution in [0.4, 0.5) is 9.59 Å². The Kier molecular flexibility index (Phi) is 17.4. The fraction of sp³-hybridized carbons (Fsp3) is 0.316. The number of imide groups is 2. The molecule has 2 aliphatic heterocycles. The number of pyridine rings is 2. The maximum absolute atomic E-state index is 11.6. The summed E-state index contributed by atoms with van der Waals surface area (Å²) in [7, 11) is 0. The number of rotatable bonds is 14. The summed E-state index contributed by atoms with van der Waals surface area (Å²) in [4.78, 5) is 54.4. The van der Waals surface area contributed by atoms with E-state index in [2.05, 4.69) is 46.6 Å². The molecule has 10 nitrogen and oxygen atoms in total. The van der Waals surface area contributed by atoms with E-state index in [0.29, 0.717) is 26.1 Å². The summed E-state index contributed by atoms with van der Waals surface area (Å²) in [5.74, 6) is 1.15. The van der Waals surface area contributed by atoms with Gasteiger partial charge in [0, 0.05) is 36.6 Å². The Bertz CT molecular complexity index is 1630. The average molecular weight is 786 g/mol. The van der Waals surface area contributed by atoms with E-state index in [9.17, 15) is 19.2 Å².